The largest absolute Gasteiger partial charge is 0.496 e. The maximum atomic E-state index is 12.9. The quantitative estimate of drug-likeness (QED) is 0.525. The number of carbonyl (C=O) groups excluding carboxylic acids is 1. The highest BCUT2D eigenvalue weighted by Crippen LogP contribution is 2.20. The van der Waals surface area contributed by atoms with E-state index in [-0.39, 0.29) is 23.7 Å². The van der Waals surface area contributed by atoms with Gasteiger partial charge in [-0.05, 0) is 50.6 Å². The average molecular weight is 467 g/mol. The van der Waals surface area contributed by atoms with Gasteiger partial charge in [-0.2, -0.15) is 0 Å². The summed E-state index contributed by atoms with van der Waals surface area (Å²) in [4.78, 5) is 28.0. The van der Waals surface area contributed by atoms with Gasteiger partial charge in [0.15, 0.2) is 0 Å². The first kappa shape index (κ1) is 24.0. The van der Waals surface area contributed by atoms with Crippen LogP contribution in [0.1, 0.15) is 30.1 Å². The second-order valence-corrected chi connectivity index (χ2v) is 8.66. The number of nitrogens with zero attached hydrogens (tertiary/aromatic N) is 3. The van der Waals surface area contributed by atoms with E-state index in [0.29, 0.717) is 24.4 Å². The number of likely N-dealkylation sites (tertiary alicyclic amines) is 1. The molecule has 2 aromatic carbocycles. The minimum atomic E-state index is -0.148. The molecular formula is C26H34N4O4. The van der Waals surface area contributed by atoms with Gasteiger partial charge in [-0.3, -0.25) is 13.9 Å². The SMILES string of the molecule is CCn1c(=O)n(CCCN2CCC(NC(=O)c3ccccc3OC)C(OC)C2)c2ccccc21. The smallest absolute Gasteiger partial charge is 0.329 e. The molecule has 0 bridgehead atoms. The van der Waals surface area contributed by atoms with Gasteiger partial charge in [0, 0.05) is 33.3 Å². The number of ether oxygens (including phenoxy) is 2. The summed E-state index contributed by atoms with van der Waals surface area (Å²) < 4.78 is 14.8. The average Bonchev–Trinajstić information content (AvgIpc) is 3.15. The Balaban J connectivity index is 1.34. The first-order valence-corrected chi connectivity index (χ1v) is 11.9. The van der Waals surface area contributed by atoms with Crippen molar-refractivity contribution in [1.29, 1.82) is 0 Å². The van der Waals surface area contributed by atoms with Gasteiger partial charge in [0.05, 0.1) is 35.9 Å². The number of carbonyl (C=O) groups is 1. The van der Waals surface area contributed by atoms with E-state index < -0.39 is 0 Å². The molecule has 182 valence electrons. The minimum Gasteiger partial charge on any atom is -0.496 e. The molecule has 2 heterocycles. The Bertz CT molecular complexity index is 1190. The molecular weight excluding hydrogens is 432 g/mol. The molecule has 0 spiro atoms. The Labute approximate surface area is 200 Å². The summed E-state index contributed by atoms with van der Waals surface area (Å²) in [5.74, 6) is 0.413. The Morgan fingerprint density at radius 3 is 2.44 bits per heavy atom. The fourth-order valence-electron chi connectivity index (χ4n) is 4.91. The van der Waals surface area contributed by atoms with E-state index >= 15 is 0 Å². The highest BCUT2D eigenvalue weighted by Gasteiger charge is 2.31. The summed E-state index contributed by atoms with van der Waals surface area (Å²) in [5.41, 5.74) is 2.55. The Morgan fingerprint density at radius 1 is 1.03 bits per heavy atom. The lowest BCUT2D eigenvalue weighted by Crippen LogP contribution is -2.55. The predicted molar refractivity (Wildman–Crippen MR) is 133 cm³/mol. The fourth-order valence-corrected chi connectivity index (χ4v) is 4.91. The lowest BCUT2D eigenvalue weighted by atomic mass is 10.0. The van der Waals surface area contributed by atoms with Gasteiger partial charge in [-0.25, -0.2) is 4.79 Å². The van der Waals surface area contributed by atoms with E-state index in [2.05, 4.69) is 10.2 Å². The molecule has 0 aliphatic carbocycles. The van der Waals surface area contributed by atoms with Crippen molar-refractivity contribution in [2.24, 2.45) is 0 Å². The second-order valence-electron chi connectivity index (χ2n) is 8.66. The van der Waals surface area contributed by atoms with Crippen LogP contribution in [0.5, 0.6) is 5.75 Å². The van der Waals surface area contributed by atoms with Gasteiger partial charge < -0.3 is 19.7 Å². The number of aromatic nitrogens is 2. The fraction of sp³-hybridized carbons (Fsp3) is 0.462. The molecule has 2 atom stereocenters. The van der Waals surface area contributed by atoms with Crippen LogP contribution in [0.25, 0.3) is 11.0 Å². The molecule has 3 aromatic rings. The lowest BCUT2D eigenvalue weighted by molar-refractivity contribution is 0.00585. The zero-order chi connectivity index (χ0) is 24.1. The highest BCUT2D eigenvalue weighted by molar-refractivity contribution is 5.97. The maximum Gasteiger partial charge on any atom is 0.329 e. The van der Waals surface area contributed by atoms with Crippen LogP contribution in [-0.2, 0) is 17.8 Å². The summed E-state index contributed by atoms with van der Waals surface area (Å²) in [6.07, 6.45) is 1.57. The normalized spacial score (nSPS) is 18.8. The predicted octanol–water partition coefficient (Wildman–Crippen LogP) is 2.74. The van der Waals surface area contributed by atoms with Crippen LogP contribution < -0.4 is 15.7 Å². The molecule has 1 aliphatic heterocycles. The number of benzene rings is 2. The first-order chi connectivity index (χ1) is 16.6. The molecule has 2 unspecified atom stereocenters. The standard InChI is InChI=1S/C26H34N4O4/c1-4-29-21-11-6-7-12-22(21)30(26(29)32)16-9-15-28-17-14-20(24(18-28)34-3)27-25(31)19-10-5-8-13-23(19)33-2/h5-8,10-13,20,24H,4,9,14-18H2,1-3H3,(H,27,31). The highest BCUT2D eigenvalue weighted by atomic mass is 16.5. The third-order valence-electron chi connectivity index (χ3n) is 6.71. The number of fused-ring (bicyclic) bond motifs is 1. The zero-order valence-electron chi connectivity index (χ0n) is 20.2. The monoisotopic (exact) mass is 466 g/mol. The van der Waals surface area contributed by atoms with E-state index in [4.69, 9.17) is 9.47 Å². The van der Waals surface area contributed by atoms with Crippen LogP contribution in [0.2, 0.25) is 0 Å². The number of piperidine rings is 1. The molecule has 34 heavy (non-hydrogen) atoms. The number of hydrogen-bond donors (Lipinski definition) is 1. The van der Waals surface area contributed by atoms with Crippen LogP contribution in [0.4, 0.5) is 0 Å². The van der Waals surface area contributed by atoms with E-state index in [9.17, 15) is 9.59 Å². The number of para-hydroxylation sites is 3. The van der Waals surface area contributed by atoms with Crippen molar-refractivity contribution in [2.45, 2.75) is 45.0 Å². The summed E-state index contributed by atoms with van der Waals surface area (Å²) in [6, 6.07) is 15.1. The van der Waals surface area contributed by atoms with Crippen molar-refractivity contribution in [3.8, 4) is 5.75 Å². The van der Waals surface area contributed by atoms with Crippen molar-refractivity contribution in [3.63, 3.8) is 0 Å². The second kappa shape index (κ2) is 10.9. The number of rotatable bonds is 9. The van der Waals surface area contributed by atoms with Crippen molar-refractivity contribution in [2.75, 3.05) is 33.9 Å². The number of methoxy groups -OCH3 is 2. The Morgan fingerprint density at radius 2 is 1.74 bits per heavy atom. The van der Waals surface area contributed by atoms with Gasteiger partial charge in [0.1, 0.15) is 5.75 Å². The Hall–Kier alpha value is -3.10. The summed E-state index contributed by atoms with van der Waals surface area (Å²) in [5, 5.41) is 3.13. The van der Waals surface area contributed by atoms with E-state index in [0.717, 1.165) is 43.5 Å². The third kappa shape index (κ3) is 4.88. The molecule has 1 N–H and O–H groups in total. The molecule has 8 heteroatoms. The van der Waals surface area contributed by atoms with Gasteiger partial charge in [-0.1, -0.05) is 24.3 Å². The summed E-state index contributed by atoms with van der Waals surface area (Å²) >= 11 is 0. The first-order valence-electron chi connectivity index (χ1n) is 11.9. The van der Waals surface area contributed by atoms with Crippen molar-refractivity contribution in [1.82, 2.24) is 19.4 Å². The maximum absolute atomic E-state index is 12.9. The molecule has 1 aliphatic rings. The Kier molecular flexibility index (Phi) is 7.70. The van der Waals surface area contributed by atoms with Gasteiger partial charge in [-0.15, -0.1) is 0 Å². The van der Waals surface area contributed by atoms with Gasteiger partial charge in [0.2, 0.25) is 0 Å². The van der Waals surface area contributed by atoms with Crippen LogP contribution in [0.3, 0.4) is 0 Å². The third-order valence-corrected chi connectivity index (χ3v) is 6.71. The number of amides is 1. The summed E-state index contributed by atoms with van der Waals surface area (Å²) in [7, 11) is 3.26. The van der Waals surface area contributed by atoms with Crippen molar-refractivity contribution < 1.29 is 14.3 Å². The van der Waals surface area contributed by atoms with Gasteiger partial charge >= 0.3 is 5.69 Å². The summed E-state index contributed by atoms with van der Waals surface area (Å²) in [6.45, 7) is 5.80. The van der Waals surface area contributed by atoms with E-state index in [1.165, 1.54) is 0 Å². The van der Waals surface area contributed by atoms with E-state index in [1.807, 2.05) is 52.5 Å². The molecule has 1 saturated heterocycles. The molecule has 4 rings (SSSR count). The zero-order valence-corrected chi connectivity index (χ0v) is 20.2. The van der Waals surface area contributed by atoms with Gasteiger partial charge in [0.25, 0.3) is 5.91 Å². The van der Waals surface area contributed by atoms with E-state index in [1.54, 1.807) is 26.4 Å². The molecule has 8 nitrogen and oxygen atoms in total. The van der Waals surface area contributed by atoms with Crippen molar-refractivity contribution in [3.05, 3.63) is 64.6 Å². The number of imidazole rings is 1. The molecule has 1 aromatic heterocycles. The molecule has 0 saturated carbocycles. The minimum absolute atomic E-state index is 0.0521. The van der Waals surface area contributed by atoms with Crippen LogP contribution in [0, 0.1) is 0 Å². The van der Waals surface area contributed by atoms with Crippen LogP contribution in [-0.4, -0.2) is 65.9 Å². The van der Waals surface area contributed by atoms with Crippen LogP contribution in [0.15, 0.2) is 53.3 Å². The van der Waals surface area contributed by atoms with Crippen molar-refractivity contribution >= 4 is 16.9 Å². The molecule has 0 radical (unpaired) electrons. The topological polar surface area (TPSA) is 77.7 Å². The number of nitrogens with one attached hydrogen (secondary N) is 1. The number of aryl methyl sites for hydroxylation is 2. The molecule has 1 amide bonds. The number of hydrogen-bond acceptors (Lipinski definition) is 5. The molecule has 1 fully saturated rings. The van der Waals surface area contributed by atoms with Crippen LogP contribution >= 0.6 is 0 Å². The lowest BCUT2D eigenvalue weighted by Gasteiger charge is -2.38.